The van der Waals surface area contributed by atoms with Crippen molar-refractivity contribution in [2.45, 2.75) is 36.2 Å². The lowest BCUT2D eigenvalue weighted by Gasteiger charge is -2.27. The molecule has 150 valence electrons. The van der Waals surface area contributed by atoms with E-state index >= 15 is 0 Å². The number of hydrogen-bond acceptors (Lipinski definition) is 5. The third-order valence-corrected chi connectivity index (χ3v) is 7.78. The Morgan fingerprint density at radius 3 is 2.69 bits per heavy atom. The zero-order valence-corrected chi connectivity index (χ0v) is 17.6. The SMILES string of the molecule is O=C(NC1CCOc2ccc(Br)cc21)c1ccc2c(c1)S(=O)(=O)N(C1CC1)C2=O. The van der Waals surface area contributed by atoms with Gasteiger partial charge in [0.25, 0.3) is 21.8 Å². The van der Waals surface area contributed by atoms with Crippen molar-refractivity contribution in [3.8, 4) is 5.75 Å². The molecule has 1 N–H and O–H groups in total. The second-order valence-corrected chi connectivity index (χ2v) is 10.1. The van der Waals surface area contributed by atoms with Crippen LogP contribution in [0.1, 0.15) is 51.6 Å². The van der Waals surface area contributed by atoms with Gasteiger partial charge in [-0.2, -0.15) is 0 Å². The van der Waals surface area contributed by atoms with Crippen LogP contribution < -0.4 is 10.1 Å². The average Bonchev–Trinajstić information content (AvgIpc) is 3.49. The standard InChI is InChI=1S/C20H17BrN2O5S/c21-12-2-6-17-15(10-12)16(7-8-28-17)22-19(24)11-1-5-14-18(9-11)29(26,27)23(20(14)25)13-3-4-13/h1-2,5-6,9-10,13,16H,3-4,7-8H2,(H,22,24). The molecule has 1 saturated carbocycles. The number of rotatable bonds is 3. The molecular formula is C20H17BrN2O5S. The molecule has 0 bridgehead atoms. The van der Waals surface area contributed by atoms with Crippen LogP contribution in [0.15, 0.2) is 45.8 Å². The number of fused-ring (bicyclic) bond motifs is 2. The summed E-state index contributed by atoms with van der Waals surface area (Å²) in [6.07, 6.45) is 1.97. The molecule has 5 rings (SSSR count). The van der Waals surface area contributed by atoms with Gasteiger partial charge in [-0.3, -0.25) is 9.59 Å². The topological polar surface area (TPSA) is 92.8 Å². The summed E-state index contributed by atoms with van der Waals surface area (Å²) in [5, 5.41) is 2.96. The van der Waals surface area contributed by atoms with E-state index in [9.17, 15) is 18.0 Å². The van der Waals surface area contributed by atoms with Crippen molar-refractivity contribution in [2.24, 2.45) is 0 Å². The first-order chi connectivity index (χ1) is 13.9. The zero-order valence-electron chi connectivity index (χ0n) is 15.2. The summed E-state index contributed by atoms with van der Waals surface area (Å²) in [6.45, 7) is 0.475. The van der Waals surface area contributed by atoms with E-state index in [1.807, 2.05) is 18.2 Å². The third-order valence-electron chi connectivity index (χ3n) is 5.41. The minimum Gasteiger partial charge on any atom is -0.493 e. The highest BCUT2D eigenvalue weighted by atomic mass is 79.9. The second-order valence-electron chi connectivity index (χ2n) is 7.39. The summed E-state index contributed by atoms with van der Waals surface area (Å²) >= 11 is 3.43. The van der Waals surface area contributed by atoms with Gasteiger partial charge in [-0.25, -0.2) is 12.7 Å². The molecular weight excluding hydrogens is 460 g/mol. The molecule has 2 aliphatic heterocycles. The van der Waals surface area contributed by atoms with E-state index in [0.29, 0.717) is 31.6 Å². The van der Waals surface area contributed by atoms with Gasteiger partial charge in [-0.05, 0) is 49.2 Å². The van der Waals surface area contributed by atoms with Crippen molar-refractivity contribution in [1.82, 2.24) is 9.62 Å². The number of nitrogens with one attached hydrogen (secondary N) is 1. The smallest absolute Gasteiger partial charge is 0.269 e. The van der Waals surface area contributed by atoms with Crippen molar-refractivity contribution in [2.75, 3.05) is 6.61 Å². The first-order valence-electron chi connectivity index (χ1n) is 9.32. The normalized spacial score (nSPS) is 21.9. The minimum absolute atomic E-state index is 0.0860. The molecule has 2 heterocycles. The van der Waals surface area contributed by atoms with Gasteiger partial charge in [0, 0.05) is 28.1 Å². The van der Waals surface area contributed by atoms with E-state index in [-0.39, 0.29) is 28.1 Å². The maximum atomic E-state index is 12.9. The van der Waals surface area contributed by atoms with Crippen LogP contribution >= 0.6 is 15.9 Å². The van der Waals surface area contributed by atoms with E-state index in [1.165, 1.54) is 18.2 Å². The minimum atomic E-state index is -3.90. The summed E-state index contributed by atoms with van der Waals surface area (Å²) in [6, 6.07) is 9.35. The number of carbonyl (C=O) groups is 2. The first kappa shape index (κ1) is 18.6. The van der Waals surface area contributed by atoms with Crippen molar-refractivity contribution >= 4 is 37.8 Å². The summed E-state index contributed by atoms with van der Waals surface area (Å²) < 4.78 is 33.1. The Hall–Kier alpha value is -2.39. The van der Waals surface area contributed by atoms with E-state index in [1.54, 1.807) is 0 Å². The quantitative estimate of drug-likeness (QED) is 0.734. The highest BCUT2D eigenvalue weighted by molar-refractivity contribution is 9.10. The highest BCUT2D eigenvalue weighted by Crippen LogP contribution is 2.40. The predicted molar refractivity (Wildman–Crippen MR) is 107 cm³/mol. The molecule has 7 nitrogen and oxygen atoms in total. The summed E-state index contributed by atoms with van der Waals surface area (Å²) in [5.74, 6) is -0.178. The van der Waals surface area contributed by atoms with Crippen LogP contribution in [0.4, 0.5) is 0 Å². The fourth-order valence-electron chi connectivity index (χ4n) is 3.82. The molecule has 1 atom stereocenters. The van der Waals surface area contributed by atoms with Gasteiger partial charge in [0.2, 0.25) is 0 Å². The van der Waals surface area contributed by atoms with E-state index in [2.05, 4.69) is 21.2 Å². The van der Waals surface area contributed by atoms with Gasteiger partial charge in [-0.15, -0.1) is 0 Å². The number of ether oxygens (including phenoxy) is 1. The van der Waals surface area contributed by atoms with Gasteiger partial charge in [-0.1, -0.05) is 15.9 Å². The van der Waals surface area contributed by atoms with Gasteiger partial charge in [0.15, 0.2) is 0 Å². The van der Waals surface area contributed by atoms with Crippen LogP contribution in [0.2, 0.25) is 0 Å². The highest BCUT2D eigenvalue weighted by Gasteiger charge is 2.48. The Balaban J connectivity index is 1.44. The van der Waals surface area contributed by atoms with E-state index < -0.39 is 21.8 Å². The molecule has 2 aromatic rings. The summed E-state index contributed by atoms with van der Waals surface area (Å²) in [4.78, 5) is 25.3. The number of benzene rings is 2. The van der Waals surface area contributed by atoms with Crippen LogP contribution in [-0.2, 0) is 10.0 Å². The summed E-state index contributed by atoms with van der Waals surface area (Å²) in [5.41, 5.74) is 1.21. The molecule has 2 aromatic carbocycles. The molecule has 0 spiro atoms. The molecule has 0 aromatic heterocycles. The number of nitrogens with zero attached hydrogens (tertiary/aromatic N) is 1. The van der Waals surface area contributed by atoms with E-state index in [4.69, 9.17) is 4.74 Å². The van der Waals surface area contributed by atoms with Crippen LogP contribution in [0.25, 0.3) is 0 Å². The number of carbonyl (C=O) groups excluding carboxylic acids is 2. The van der Waals surface area contributed by atoms with Gasteiger partial charge < -0.3 is 10.1 Å². The third kappa shape index (κ3) is 3.03. The number of halogens is 1. The van der Waals surface area contributed by atoms with Crippen LogP contribution in [0, 0.1) is 0 Å². The lowest BCUT2D eigenvalue weighted by molar-refractivity contribution is 0.0862. The number of sulfonamides is 1. The maximum absolute atomic E-state index is 12.9. The Morgan fingerprint density at radius 2 is 1.93 bits per heavy atom. The molecule has 0 saturated heterocycles. The summed E-state index contributed by atoms with van der Waals surface area (Å²) in [7, 11) is -3.90. The van der Waals surface area contributed by atoms with Crippen molar-refractivity contribution < 1.29 is 22.7 Å². The fraction of sp³-hybridized carbons (Fsp3) is 0.300. The van der Waals surface area contributed by atoms with E-state index in [0.717, 1.165) is 14.3 Å². The molecule has 3 aliphatic rings. The van der Waals surface area contributed by atoms with Crippen molar-refractivity contribution in [3.63, 3.8) is 0 Å². The fourth-order valence-corrected chi connectivity index (χ4v) is 6.04. The predicted octanol–water partition coefficient (Wildman–Crippen LogP) is 3.01. The van der Waals surface area contributed by atoms with Crippen LogP contribution in [0.3, 0.4) is 0 Å². The molecule has 2 amide bonds. The zero-order chi connectivity index (χ0) is 20.3. The number of amides is 2. The second kappa shape index (κ2) is 6.56. The van der Waals surface area contributed by atoms with Crippen molar-refractivity contribution in [1.29, 1.82) is 0 Å². The van der Waals surface area contributed by atoms with Gasteiger partial charge in [0.05, 0.1) is 18.2 Å². The Bertz CT molecular complexity index is 1160. The lowest BCUT2D eigenvalue weighted by Crippen LogP contribution is -2.32. The molecule has 0 radical (unpaired) electrons. The van der Waals surface area contributed by atoms with Gasteiger partial charge >= 0.3 is 0 Å². The molecule has 1 aliphatic carbocycles. The first-order valence-corrected chi connectivity index (χ1v) is 11.6. The molecule has 1 fully saturated rings. The van der Waals surface area contributed by atoms with Crippen LogP contribution in [0.5, 0.6) is 5.75 Å². The number of hydrogen-bond donors (Lipinski definition) is 1. The monoisotopic (exact) mass is 476 g/mol. The Morgan fingerprint density at radius 1 is 1.14 bits per heavy atom. The Labute approximate surface area is 176 Å². The molecule has 29 heavy (non-hydrogen) atoms. The molecule has 1 unspecified atom stereocenters. The molecule has 9 heteroatoms. The average molecular weight is 477 g/mol. The van der Waals surface area contributed by atoms with Crippen LogP contribution in [-0.4, -0.2) is 37.2 Å². The largest absolute Gasteiger partial charge is 0.493 e. The lowest BCUT2D eigenvalue weighted by atomic mass is 10.00. The Kier molecular flexibility index (Phi) is 4.22. The van der Waals surface area contributed by atoms with Crippen molar-refractivity contribution in [3.05, 3.63) is 57.6 Å². The maximum Gasteiger partial charge on any atom is 0.269 e. The van der Waals surface area contributed by atoms with Gasteiger partial charge in [0.1, 0.15) is 10.6 Å².